The zero-order valence-corrected chi connectivity index (χ0v) is 11.9. The lowest BCUT2D eigenvalue weighted by Gasteiger charge is -2.04. The lowest BCUT2D eigenvalue weighted by atomic mass is 10.1. The first-order chi connectivity index (χ1) is 9.72. The van der Waals surface area contributed by atoms with E-state index >= 15 is 0 Å². The number of imidazole rings is 1. The van der Waals surface area contributed by atoms with Crippen molar-refractivity contribution >= 4 is 28.8 Å². The van der Waals surface area contributed by atoms with Crippen molar-refractivity contribution in [2.24, 2.45) is 0 Å². The van der Waals surface area contributed by atoms with Gasteiger partial charge in [0.1, 0.15) is 10.3 Å². The van der Waals surface area contributed by atoms with Crippen LogP contribution in [0, 0.1) is 0 Å². The first-order valence-electron chi connectivity index (χ1n) is 6.33. The lowest BCUT2D eigenvalue weighted by molar-refractivity contribution is 0.905. The summed E-state index contributed by atoms with van der Waals surface area (Å²) in [6.45, 7) is 0. The Kier molecular flexibility index (Phi) is 2.69. The summed E-state index contributed by atoms with van der Waals surface area (Å²) < 4.78 is 1.73. The van der Waals surface area contributed by atoms with Crippen molar-refractivity contribution in [3.05, 3.63) is 58.2 Å². The van der Waals surface area contributed by atoms with Crippen LogP contribution in [0.1, 0.15) is 29.4 Å². The average Bonchev–Trinajstić information content (AvgIpc) is 3.09. The van der Waals surface area contributed by atoms with Crippen molar-refractivity contribution < 1.29 is 0 Å². The van der Waals surface area contributed by atoms with Crippen molar-refractivity contribution in [3.63, 3.8) is 0 Å². The maximum Gasteiger partial charge on any atom is 0.157 e. The van der Waals surface area contributed by atoms with Gasteiger partial charge in [-0.15, -0.1) is 0 Å². The fourth-order valence-corrected chi connectivity index (χ4v) is 3.01. The third-order valence-corrected chi connectivity index (χ3v) is 4.13. The van der Waals surface area contributed by atoms with Crippen LogP contribution in [-0.2, 0) is 0 Å². The van der Waals surface area contributed by atoms with Crippen LogP contribution < -0.4 is 0 Å². The van der Waals surface area contributed by atoms with Gasteiger partial charge in [-0.3, -0.25) is 0 Å². The summed E-state index contributed by atoms with van der Waals surface area (Å²) in [5, 5.41) is 5.22. The number of rotatable bonds is 2. The maximum absolute atomic E-state index is 6.08. The second kappa shape index (κ2) is 4.43. The molecular formula is C14H10Cl2N4. The number of hydrogen-bond donors (Lipinski definition) is 0. The monoisotopic (exact) mass is 304 g/mol. The summed E-state index contributed by atoms with van der Waals surface area (Å²) in [6, 6.07) is 5.78. The van der Waals surface area contributed by atoms with Gasteiger partial charge in [-0.1, -0.05) is 29.3 Å². The largest absolute Gasteiger partial charge is 0.244 e. The van der Waals surface area contributed by atoms with E-state index in [1.54, 1.807) is 10.7 Å². The topological polar surface area (TPSA) is 43.1 Å². The van der Waals surface area contributed by atoms with Gasteiger partial charge in [0.25, 0.3) is 0 Å². The van der Waals surface area contributed by atoms with Crippen LogP contribution >= 0.6 is 23.2 Å². The first kappa shape index (κ1) is 12.1. The maximum atomic E-state index is 6.08. The van der Waals surface area contributed by atoms with Crippen molar-refractivity contribution in [1.82, 2.24) is 19.6 Å². The predicted molar refractivity (Wildman–Crippen MR) is 77.3 cm³/mol. The molecule has 100 valence electrons. The number of halogens is 2. The molecule has 0 bridgehead atoms. The molecule has 1 aliphatic carbocycles. The van der Waals surface area contributed by atoms with Crippen molar-refractivity contribution in [3.8, 4) is 0 Å². The molecule has 0 radical (unpaired) electrons. The molecule has 0 aliphatic heterocycles. The standard InChI is InChI=1S/C14H10Cl2N4/c15-12-2-1-8(7-18-12)9-5-10(9)11-6-13(16)19-20-4-3-17-14(11)20/h1-4,6-7,9-10H,5H2/t9-,10+/m1/s1. The quantitative estimate of drug-likeness (QED) is 0.678. The minimum Gasteiger partial charge on any atom is -0.244 e. The summed E-state index contributed by atoms with van der Waals surface area (Å²) in [4.78, 5) is 8.51. The van der Waals surface area contributed by atoms with Crippen LogP contribution in [-0.4, -0.2) is 19.6 Å². The molecule has 6 heteroatoms. The highest BCUT2D eigenvalue weighted by atomic mass is 35.5. The van der Waals surface area contributed by atoms with Gasteiger partial charge in [0, 0.05) is 24.2 Å². The lowest BCUT2D eigenvalue weighted by Crippen LogP contribution is -1.96. The SMILES string of the molecule is Clc1ccc([C@H]2C[C@@H]2c2cc(Cl)nn3ccnc23)cn1. The molecule has 3 aromatic rings. The summed E-state index contributed by atoms with van der Waals surface area (Å²) >= 11 is 11.9. The minimum atomic E-state index is 0.420. The van der Waals surface area contributed by atoms with E-state index < -0.39 is 0 Å². The van der Waals surface area contributed by atoms with E-state index in [1.165, 1.54) is 5.56 Å². The molecule has 0 saturated heterocycles. The molecule has 3 heterocycles. The Morgan fingerprint density at radius 2 is 2.00 bits per heavy atom. The molecule has 0 aromatic carbocycles. The van der Waals surface area contributed by atoms with Crippen LogP contribution in [0.5, 0.6) is 0 Å². The Hall–Kier alpha value is -1.65. The van der Waals surface area contributed by atoms with Crippen LogP contribution in [0.4, 0.5) is 0 Å². The Morgan fingerprint density at radius 3 is 2.80 bits per heavy atom. The Morgan fingerprint density at radius 1 is 1.10 bits per heavy atom. The highest BCUT2D eigenvalue weighted by Gasteiger charge is 2.41. The fourth-order valence-electron chi connectivity index (χ4n) is 2.70. The van der Waals surface area contributed by atoms with E-state index in [-0.39, 0.29) is 0 Å². The summed E-state index contributed by atoms with van der Waals surface area (Å²) in [6.07, 6.45) is 6.47. The smallest absolute Gasteiger partial charge is 0.157 e. The van der Waals surface area contributed by atoms with E-state index in [2.05, 4.69) is 15.1 Å². The van der Waals surface area contributed by atoms with Crippen LogP contribution in [0.3, 0.4) is 0 Å². The van der Waals surface area contributed by atoms with Gasteiger partial charge in [-0.05, 0) is 36.0 Å². The Balaban J connectivity index is 1.72. The van der Waals surface area contributed by atoms with E-state index in [0.717, 1.165) is 17.6 Å². The van der Waals surface area contributed by atoms with Gasteiger partial charge >= 0.3 is 0 Å². The van der Waals surface area contributed by atoms with Crippen molar-refractivity contribution in [2.45, 2.75) is 18.3 Å². The molecule has 20 heavy (non-hydrogen) atoms. The Labute approximate surface area is 125 Å². The molecule has 0 spiro atoms. The number of nitrogens with zero attached hydrogens (tertiary/aromatic N) is 4. The Bertz CT molecular complexity index is 781. The highest BCUT2D eigenvalue weighted by Crippen LogP contribution is 2.55. The zero-order valence-electron chi connectivity index (χ0n) is 10.4. The molecule has 0 unspecified atom stereocenters. The van der Waals surface area contributed by atoms with Gasteiger partial charge in [0.15, 0.2) is 5.65 Å². The summed E-state index contributed by atoms with van der Waals surface area (Å²) in [5.41, 5.74) is 3.23. The van der Waals surface area contributed by atoms with Crippen LogP contribution in [0.15, 0.2) is 36.8 Å². The number of hydrogen-bond acceptors (Lipinski definition) is 3. The normalized spacial score (nSPS) is 21.3. The molecule has 1 saturated carbocycles. The molecule has 1 aliphatic rings. The molecule has 4 nitrogen and oxygen atoms in total. The highest BCUT2D eigenvalue weighted by molar-refractivity contribution is 6.29. The van der Waals surface area contributed by atoms with E-state index in [9.17, 15) is 0 Å². The van der Waals surface area contributed by atoms with Crippen LogP contribution in [0.25, 0.3) is 5.65 Å². The van der Waals surface area contributed by atoms with Gasteiger partial charge in [-0.2, -0.15) is 5.10 Å². The number of fused-ring (bicyclic) bond motifs is 1. The predicted octanol–water partition coefficient (Wildman–Crippen LogP) is 3.70. The first-order valence-corrected chi connectivity index (χ1v) is 7.09. The fraction of sp³-hybridized carbons (Fsp3) is 0.214. The van der Waals surface area contributed by atoms with E-state index in [1.807, 2.05) is 30.6 Å². The third-order valence-electron chi connectivity index (χ3n) is 3.73. The molecule has 2 atom stereocenters. The van der Waals surface area contributed by atoms with Crippen LogP contribution in [0.2, 0.25) is 10.3 Å². The third kappa shape index (κ3) is 1.96. The van der Waals surface area contributed by atoms with E-state index in [4.69, 9.17) is 23.2 Å². The molecule has 0 N–H and O–H groups in total. The minimum absolute atomic E-state index is 0.420. The molecular weight excluding hydrogens is 295 g/mol. The van der Waals surface area contributed by atoms with E-state index in [0.29, 0.717) is 22.1 Å². The number of aromatic nitrogens is 4. The summed E-state index contributed by atoms with van der Waals surface area (Å²) in [5.74, 6) is 0.877. The van der Waals surface area contributed by atoms with Gasteiger partial charge in [0.2, 0.25) is 0 Å². The second-order valence-electron chi connectivity index (χ2n) is 4.98. The molecule has 0 amide bonds. The van der Waals surface area contributed by atoms with Gasteiger partial charge < -0.3 is 0 Å². The van der Waals surface area contributed by atoms with Gasteiger partial charge in [-0.25, -0.2) is 14.5 Å². The zero-order chi connectivity index (χ0) is 13.7. The van der Waals surface area contributed by atoms with Crippen molar-refractivity contribution in [1.29, 1.82) is 0 Å². The summed E-state index contributed by atoms with van der Waals surface area (Å²) in [7, 11) is 0. The van der Waals surface area contributed by atoms with Crippen molar-refractivity contribution in [2.75, 3.05) is 0 Å². The average molecular weight is 305 g/mol. The van der Waals surface area contributed by atoms with Gasteiger partial charge in [0.05, 0.1) is 0 Å². The molecule has 3 aromatic heterocycles. The molecule has 4 rings (SSSR count). The molecule has 1 fully saturated rings. The number of pyridine rings is 1. The second-order valence-corrected chi connectivity index (χ2v) is 5.76.